The minimum atomic E-state index is -3.10. The number of amides is 1. The monoisotopic (exact) mass is 433 g/mol. The van der Waals surface area contributed by atoms with Crippen molar-refractivity contribution in [3.8, 4) is 17.1 Å². The Kier molecular flexibility index (Phi) is 5.23. The highest BCUT2D eigenvalue weighted by Crippen LogP contribution is 2.27. The molecular formula is C20H20ClN3O4S. The predicted molar refractivity (Wildman–Crippen MR) is 110 cm³/mol. The molecule has 9 heteroatoms. The van der Waals surface area contributed by atoms with Crippen LogP contribution < -0.4 is 0 Å². The summed E-state index contributed by atoms with van der Waals surface area (Å²) in [6, 6.07) is 12.0. The summed E-state index contributed by atoms with van der Waals surface area (Å²) in [5.41, 5.74) is 1.52. The van der Waals surface area contributed by atoms with E-state index in [1.54, 1.807) is 52.2 Å². The van der Waals surface area contributed by atoms with Crippen LogP contribution in [0.5, 0.6) is 0 Å². The first kappa shape index (κ1) is 19.7. The number of halogens is 1. The van der Waals surface area contributed by atoms with Gasteiger partial charge in [0.2, 0.25) is 0 Å². The Labute approximate surface area is 173 Å². The zero-order valence-corrected chi connectivity index (χ0v) is 17.4. The maximum absolute atomic E-state index is 13.2. The maximum Gasteiger partial charge on any atom is 0.274 e. The van der Waals surface area contributed by atoms with Crippen molar-refractivity contribution >= 4 is 27.3 Å². The summed E-state index contributed by atoms with van der Waals surface area (Å²) in [6.45, 7) is 2.24. The van der Waals surface area contributed by atoms with Gasteiger partial charge in [0.15, 0.2) is 21.3 Å². The van der Waals surface area contributed by atoms with Gasteiger partial charge in [-0.1, -0.05) is 17.7 Å². The third-order valence-electron chi connectivity index (χ3n) is 5.01. The summed E-state index contributed by atoms with van der Waals surface area (Å²) >= 11 is 6.13. The van der Waals surface area contributed by atoms with Gasteiger partial charge in [-0.15, -0.1) is 0 Å². The largest absolute Gasteiger partial charge is 0.463 e. The molecule has 0 bridgehead atoms. The van der Waals surface area contributed by atoms with E-state index in [0.717, 1.165) is 0 Å². The van der Waals surface area contributed by atoms with Crippen LogP contribution in [0, 0.1) is 0 Å². The molecule has 0 saturated carbocycles. The van der Waals surface area contributed by atoms with Crippen molar-refractivity contribution in [2.45, 2.75) is 19.4 Å². The normalized spacial score (nSPS) is 18.1. The molecule has 0 radical (unpaired) electrons. The molecule has 7 nitrogen and oxygen atoms in total. The first-order valence-electron chi connectivity index (χ1n) is 9.29. The number of carbonyl (C=O) groups excluding carboxylic acids is 1. The quantitative estimate of drug-likeness (QED) is 0.615. The Bertz CT molecular complexity index is 1140. The van der Waals surface area contributed by atoms with Crippen LogP contribution in [0.2, 0.25) is 5.02 Å². The summed E-state index contributed by atoms with van der Waals surface area (Å²) in [5, 5.41) is 5.06. The second-order valence-corrected chi connectivity index (χ2v) is 9.60. The summed E-state index contributed by atoms with van der Waals surface area (Å²) < 4.78 is 30.9. The van der Waals surface area contributed by atoms with E-state index in [-0.39, 0.29) is 29.1 Å². The van der Waals surface area contributed by atoms with Gasteiger partial charge in [-0.3, -0.25) is 4.79 Å². The lowest BCUT2D eigenvalue weighted by Crippen LogP contribution is -2.41. The molecule has 29 heavy (non-hydrogen) atoms. The molecule has 0 N–H and O–H groups in total. The van der Waals surface area contributed by atoms with Crippen molar-refractivity contribution in [3.63, 3.8) is 0 Å². The second-order valence-electron chi connectivity index (χ2n) is 6.93. The molecule has 152 valence electrons. The van der Waals surface area contributed by atoms with E-state index >= 15 is 0 Å². The molecule has 1 aliphatic rings. The number of aromatic nitrogens is 2. The van der Waals surface area contributed by atoms with E-state index < -0.39 is 9.84 Å². The van der Waals surface area contributed by atoms with Gasteiger partial charge in [0.25, 0.3) is 5.91 Å². The number of sulfone groups is 1. The van der Waals surface area contributed by atoms with Crippen LogP contribution in [0.25, 0.3) is 17.1 Å². The molecule has 1 saturated heterocycles. The van der Waals surface area contributed by atoms with Crippen molar-refractivity contribution in [2.75, 3.05) is 18.1 Å². The number of furan rings is 1. The van der Waals surface area contributed by atoms with Crippen molar-refractivity contribution < 1.29 is 17.6 Å². The summed E-state index contributed by atoms with van der Waals surface area (Å²) in [5.74, 6) is 0.356. The van der Waals surface area contributed by atoms with Gasteiger partial charge in [-0.25, -0.2) is 13.1 Å². The first-order chi connectivity index (χ1) is 13.9. The Hall–Kier alpha value is -2.58. The van der Waals surface area contributed by atoms with Gasteiger partial charge < -0.3 is 9.32 Å². The number of benzene rings is 1. The maximum atomic E-state index is 13.2. The highest BCUT2D eigenvalue weighted by atomic mass is 35.5. The minimum absolute atomic E-state index is 0.00732. The van der Waals surface area contributed by atoms with Crippen LogP contribution in [-0.2, 0) is 9.84 Å². The van der Waals surface area contributed by atoms with Gasteiger partial charge in [0.1, 0.15) is 5.69 Å². The Morgan fingerprint density at radius 1 is 1.31 bits per heavy atom. The van der Waals surface area contributed by atoms with Gasteiger partial charge in [0, 0.05) is 23.7 Å². The Balaban J connectivity index is 1.74. The molecule has 1 amide bonds. The molecule has 1 aliphatic heterocycles. The fourth-order valence-electron chi connectivity index (χ4n) is 3.63. The van der Waals surface area contributed by atoms with E-state index in [2.05, 4.69) is 5.10 Å². The highest BCUT2D eigenvalue weighted by Gasteiger charge is 2.35. The molecule has 0 unspecified atom stereocenters. The topological polar surface area (TPSA) is 85.4 Å². The zero-order chi connectivity index (χ0) is 20.6. The van der Waals surface area contributed by atoms with Crippen molar-refractivity contribution in [1.82, 2.24) is 14.7 Å². The van der Waals surface area contributed by atoms with Crippen LogP contribution >= 0.6 is 11.6 Å². The molecule has 3 heterocycles. The minimum Gasteiger partial charge on any atom is -0.463 e. The lowest BCUT2D eigenvalue weighted by Gasteiger charge is -2.25. The molecule has 1 atom stereocenters. The van der Waals surface area contributed by atoms with Crippen molar-refractivity contribution in [3.05, 3.63) is 59.4 Å². The van der Waals surface area contributed by atoms with Gasteiger partial charge in [0.05, 0.1) is 23.5 Å². The fourth-order valence-corrected chi connectivity index (χ4v) is 5.54. The van der Waals surface area contributed by atoms with Gasteiger partial charge in [-0.2, -0.15) is 5.10 Å². The number of rotatable bonds is 5. The second kappa shape index (κ2) is 7.68. The van der Waals surface area contributed by atoms with Crippen LogP contribution in [-0.4, -0.2) is 53.1 Å². The van der Waals surface area contributed by atoms with Crippen LogP contribution in [0.1, 0.15) is 23.8 Å². The number of hydrogen-bond donors (Lipinski definition) is 0. The molecule has 2 aromatic heterocycles. The number of nitrogens with zero attached hydrogens (tertiary/aromatic N) is 3. The molecule has 0 spiro atoms. The average molecular weight is 434 g/mol. The van der Waals surface area contributed by atoms with Crippen LogP contribution in [0.15, 0.2) is 53.1 Å². The predicted octanol–water partition coefficient (Wildman–Crippen LogP) is 3.43. The number of hydrogen-bond acceptors (Lipinski definition) is 5. The molecule has 1 fully saturated rings. The van der Waals surface area contributed by atoms with E-state index in [9.17, 15) is 13.2 Å². The van der Waals surface area contributed by atoms with Crippen molar-refractivity contribution in [2.24, 2.45) is 0 Å². The standard InChI is InChI=1S/C20H20ClN3O4S/c1-2-23(16-8-10-29(26,27)13-16)20(25)17-12-18(19-7-4-9-28-19)24(22-17)15-6-3-5-14(21)11-15/h3-7,9,11-12,16H,2,8,10,13H2,1H3/t16-/m1/s1. The summed E-state index contributed by atoms with van der Waals surface area (Å²) in [4.78, 5) is 14.8. The SMILES string of the molecule is CCN(C(=O)c1cc(-c2ccco2)n(-c2cccc(Cl)c2)n1)[C@@H]1CCS(=O)(=O)C1. The zero-order valence-electron chi connectivity index (χ0n) is 15.8. The summed E-state index contributed by atoms with van der Waals surface area (Å²) in [6.07, 6.45) is 2.00. The Morgan fingerprint density at radius 2 is 2.14 bits per heavy atom. The van der Waals surface area contributed by atoms with E-state index in [1.807, 2.05) is 13.0 Å². The lowest BCUT2D eigenvalue weighted by molar-refractivity contribution is 0.0702. The highest BCUT2D eigenvalue weighted by molar-refractivity contribution is 7.91. The third-order valence-corrected chi connectivity index (χ3v) is 6.99. The van der Waals surface area contributed by atoms with Crippen molar-refractivity contribution in [1.29, 1.82) is 0 Å². The van der Waals surface area contributed by atoms with E-state index in [0.29, 0.717) is 35.1 Å². The smallest absolute Gasteiger partial charge is 0.274 e. The third kappa shape index (κ3) is 3.95. The van der Waals surface area contributed by atoms with Gasteiger partial charge >= 0.3 is 0 Å². The Morgan fingerprint density at radius 3 is 2.76 bits per heavy atom. The summed E-state index contributed by atoms with van der Waals surface area (Å²) in [7, 11) is -3.10. The van der Waals surface area contributed by atoms with Crippen LogP contribution in [0.3, 0.4) is 0 Å². The first-order valence-corrected chi connectivity index (χ1v) is 11.5. The molecule has 3 aromatic rings. The van der Waals surface area contributed by atoms with E-state index in [4.69, 9.17) is 16.0 Å². The number of carbonyl (C=O) groups is 1. The molecule has 0 aliphatic carbocycles. The average Bonchev–Trinajstić information content (AvgIpc) is 3.41. The van der Waals surface area contributed by atoms with Gasteiger partial charge in [-0.05, 0) is 43.7 Å². The van der Waals surface area contributed by atoms with Crippen LogP contribution in [0.4, 0.5) is 0 Å². The fraction of sp³-hybridized carbons (Fsp3) is 0.300. The molecule has 1 aromatic carbocycles. The van der Waals surface area contributed by atoms with E-state index in [1.165, 1.54) is 0 Å². The molecule has 4 rings (SSSR count). The molecular weight excluding hydrogens is 414 g/mol. The lowest BCUT2D eigenvalue weighted by atomic mass is 10.2.